The summed E-state index contributed by atoms with van der Waals surface area (Å²) in [7, 11) is 0. The number of rotatable bonds is 4. The predicted octanol–water partition coefficient (Wildman–Crippen LogP) is 1.40. The van der Waals surface area contributed by atoms with Gasteiger partial charge in [0, 0.05) is 18.9 Å². The standard InChI is InChI=1S/C14H16N4O.ClH/c15-14(6-7-14)13(19)16-10-11-4-1-2-5-12(11)18-9-3-8-17-18;/h1-5,8-9H,6-7,10,15H2,(H,16,19);1H. The molecular formula is C14H17ClN4O. The van der Waals surface area contributed by atoms with Crippen molar-refractivity contribution in [3.05, 3.63) is 48.3 Å². The Labute approximate surface area is 123 Å². The van der Waals surface area contributed by atoms with Crippen molar-refractivity contribution in [2.75, 3.05) is 0 Å². The number of halogens is 1. The number of nitrogens with zero attached hydrogens (tertiary/aromatic N) is 2. The molecule has 0 bridgehead atoms. The minimum Gasteiger partial charge on any atom is -0.350 e. The largest absolute Gasteiger partial charge is 0.350 e. The number of nitrogens with one attached hydrogen (secondary N) is 1. The predicted molar refractivity (Wildman–Crippen MR) is 78.8 cm³/mol. The van der Waals surface area contributed by atoms with Crippen LogP contribution in [0.1, 0.15) is 18.4 Å². The maximum absolute atomic E-state index is 11.8. The van der Waals surface area contributed by atoms with E-state index in [2.05, 4.69) is 10.4 Å². The smallest absolute Gasteiger partial charge is 0.240 e. The topological polar surface area (TPSA) is 72.9 Å². The van der Waals surface area contributed by atoms with Crippen molar-refractivity contribution in [3.63, 3.8) is 0 Å². The van der Waals surface area contributed by atoms with E-state index in [1.165, 1.54) is 0 Å². The third-order valence-electron chi connectivity index (χ3n) is 3.42. The molecule has 0 radical (unpaired) electrons. The molecule has 3 N–H and O–H groups in total. The van der Waals surface area contributed by atoms with Gasteiger partial charge in [0.15, 0.2) is 0 Å². The van der Waals surface area contributed by atoms with Crippen LogP contribution >= 0.6 is 12.4 Å². The number of nitrogens with two attached hydrogens (primary N) is 1. The molecule has 6 heteroatoms. The molecule has 0 aliphatic heterocycles. The zero-order chi connectivity index (χ0) is 13.3. The first-order valence-electron chi connectivity index (χ1n) is 6.34. The third kappa shape index (κ3) is 2.84. The molecule has 106 valence electrons. The molecule has 0 saturated heterocycles. The average Bonchev–Trinajstić information content (AvgIpc) is 2.97. The zero-order valence-corrected chi connectivity index (χ0v) is 11.8. The summed E-state index contributed by atoms with van der Waals surface area (Å²) in [4.78, 5) is 11.8. The minimum atomic E-state index is -0.624. The van der Waals surface area contributed by atoms with Gasteiger partial charge in [-0.1, -0.05) is 18.2 Å². The quantitative estimate of drug-likeness (QED) is 0.895. The van der Waals surface area contributed by atoms with Gasteiger partial charge in [0.1, 0.15) is 0 Å². The second-order valence-corrected chi connectivity index (χ2v) is 4.92. The molecule has 1 aliphatic carbocycles. The van der Waals surface area contributed by atoms with E-state index in [9.17, 15) is 4.79 Å². The van der Waals surface area contributed by atoms with Gasteiger partial charge in [-0.2, -0.15) is 5.10 Å². The van der Waals surface area contributed by atoms with Gasteiger partial charge in [0.05, 0.1) is 11.2 Å². The van der Waals surface area contributed by atoms with Gasteiger partial charge in [-0.05, 0) is 30.5 Å². The van der Waals surface area contributed by atoms with E-state index in [0.717, 1.165) is 24.1 Å². The molecule has 5 nitrogen and oxygen atoms in total. The highest BCUT2D eigenvalue weighted by molar-refractivity contribution is 5.89. The van der Waals surface area contributed by atoms with E-state index in [1.807, 2.05) is 36.5 Å². The molecule has 1 amide bonds. The van der Waals surface area contributed by atoms with E-state index in [-0.39, 0.29) is 18.3 Å². The summed E-state index contributed by atoms with van der Waals surface area (Å²) in [5.41, 5.74) is 7.22. The van der Waals surface area contributed by atoms with Gasteiger partial charge in [-0.15, -0.1) is 12.4 Å². The van der Waals surface area contributed by atoms with Crippen LogP contribution in [0.2, 0.25) is 0 Å². The molecule has 1 heterocycles. The van der Waals surface area contributed by atoms with Crippen LogP contribution < -0.4 is 11.1 Å². The molecule has 1 fully saturated rings. The van der Waals surface area contributed by atoms with Crippen molar-refractivity contribution < 1.29 is 4.79 Å². The van der Waals surface area contributed by atoms with Gasteiger partial charge >= 0.3 is 0 Å². The number of para-hydroxylation sites is 1. The molecule has 2 aromatic rings. The van der Waals surface area contributed by atoms with Crippen LogP contribution in [0.3, 0.4) is 0 Å². The highest BCUT2D eigenvalue weighted by Crippen LogP contribution is 2.32. The Bertz CT molecular complexity index is 593. The molecule has 1 aromatic heterocycles. The summed E-state index contributed by atoms with van der Waals surface area (Å²) in [6, 6.07) is 9.73. The molecule has 0 atom stereocenters. The normalized spacial score (nSPS) is 15.2. The lowest BCUT2D eigenvalue weighted by Crippen LogP contribution is -2.42. The molecule has 1 aliphatic rings. The fourth-order valence-corrected chi connectivity index (χ4v) is 2.01. The van der Waals surface area contributed by atoms with Gasteiger partial charge < -0.3 is 11.1 Å². The summed E-state index contributed by atoms with van der Waals surface area (Å²) >= 11 is 0. The lowest BCUT2D eigenvalue weighted by atomic mass is 10.1. The number of hydrogen-bond acceptors (Lipinski definition) is 3. The molecule has 0 spiro atoms. The van der Waals surface area contributed by atoms with Gasteiger partial charge in [-0.3, -0.25) is 4.79 Å². The Morgan fingerprint density at radius 2 is 2.10 bits per heavy atom. The maximum atomic E-state index is 11.8. The number of benzene rings is 1. The second-order valence-electron chi connectivity index (χ2n) is 4.92. The van der Waals surface area contributed by atoms with Crippen LogP contribution in [-0.2, 0) is 11.3 Å². The van der Waals surface area contributed by atoms with Gasteiger partial charge in [0.25, 0.3) is 0 Å². The summed E-state index contributed by atoms with van der Waals surface area (Å²) < 4.78 is 1.79. The Balaban J connectivity index is 0.00000147. The van der Waals surface area contributed by atoms with Gasteiger partial charge in [0.2, 0.25) is 5.91 Å². The van der Waals surface area contributed by atoms with E-state index < -0.39 is 5.54 Å². The summed E-state index contributed by atoms with van der Waals surface area (Å²) in [5.74, 6) is -0.0669. The number of carbonyl (C=O) groups is 1. The summed E-state index contributed by atoms with van der Waals surface area (Å²) in [6.07, 6.45) is 5.17. The Morgan fingerprint density at radius 3 is 2.75 bits per heavy atom. The lowest BCUT2D eigenvalue weighted by Gasteiger charge is -2.13. The van der Waals surface area contributed by atoms with Gasteiger partial charge in [-0.25, -0.2) is 4.68 Å². The molecular weight excluding hydrogens is 276 g/mol. The van der Waals surface area contributed by atoms with E-state index in [4.69, 9.17) is 5.73 Å². The SMILES string of the molecule is Cl.NC1(C(=O)NCc2ccccc2-n2cccn2)CC1. The molecule has 20 heavy (non-hydrogen) atoms. The first-order valence-corrected chi connectivity index (χ1v) is 6.34. The monoisotopic (exact) mass is 292 g/mol. The van der Waals surface area contributed by atoms with Crippen molar-refractivity contribution in [2.24, 2.45) is 5.73 Å². The van der Waals surface area contributed by atoms with Crippen LogP contribution in [0.4, 0.5) is 0 Å². The number of hydrogen-bond donors (Lipinski definition) is 2. The first-order chi connectivity index (χ1) is 9.19. The highest BCUT2D eigenvalue weighted by atomic mass is 35.5. The fourth-order valence-electron chi connectivity index (χ4n) is 2.01. The van der Waals surface area contributed by atoms with E-state index in [0.29, 0.717) is 6.54 Å². The Kier molecular flexibility index (Phi) is 4.11. The average molecular weight is 293 g/mol. The Hall–Kier alpha value is -1.85. The van der Waals surface area contributed by atoms with Crippen LogP contribution in [0.5, 0.6) is 0 Å². The first kappa shape index (κ1) is 14.6. The van der Waals surface area contributed by atoms with Crippen molar-refractivity contribution in [1.29, 1.82) is 0 Å². The molecule has 3 rings (SSSR count). The second kappa shape index (κ2) is 5.64. The zero-order valence-electron chi connectivity index (χ0n) is 11.0. The molecule has 1 saturated carbocycles. The molecule has 0 unspecified atom stereocenters. The number of carbonyl (C=O) groups excluding carboxylic acids is 1. The van der Waals surface area contributed by atoms with E-state index >= 15 is 0 Å². The number of amides is 1. The van der Waals surface area contributed by atoms with E-state index in [1.54, 1.807) is 10.9 Å². The van der Waals surface area contributed by atoms with Crippen LogP contribution in [0, 0.1) is 0 Å². The Morgan fingerprint density at radius 1 is 1.35 bits per heavy atom. The van der Waals surface area contributed by atoms with Crippen LogP contribution in [0.15, 0.2) is 42.7 Å². The van der Waals surface area contributed by atoms with Crippen LogP contribution in [-0.4, -0.2) is 21.2 Å². The maximum Gasteiger partial charge on any atom is 0.240 e. The summed E-state index contributed by atoms with van der Waals surface area (Å²) in [6.45, 7) is 0.466. The van der Waals surface area contributed by atoms with Crippen molar-refractivity contribution in [3.8, 4) is 5.69 Å². The lowest BCUT2D eigenvalue weighted by molar-refractivity contribution is -0.123. The van der Waals surface area contributed by atoms with Crippen molar-refractivity contribution in [1.82, 2.24) is 15.1 Å². The highest BCUT2D eigenvalue weighted by Gasteiger charge is 2.45. The fraction of sp³-hybridized carbons (Fsp3) is 0.286. The van der Waals surface area contributed by atoms with Crippen LogP contribution in [0.25, 0.3) is 5.69 Å². The third-order valence-corrected chi connectivity index (χ3v) is 3.42. The van der Waals surface area contributed by atoms with Crippen molar-refractivity contribution >= 4 is 18.3 Å². The minimum absolute atomic E-state index is 0. The molecule has 1 aromatic carbocycles. The number of aromatic nitrogens is 2. The summed E-state index contributed by atoms with van der Waals surface area (Å²) in [5, 5.41) is 7.11. The van der Waals surface area contributed by atoms with Crippen molar-refractivity contribution in [2.45, 2.75) is 24.9 Å².